The molecule has 0 atom stereocenters. The van der Waals surface area contributed by atoms with Gasteiger partial charge in [0.25, 0.3) is 5.56 Å². The van der Waals surface area contributed by atoms with Crippen molar-refractivity contribution in [3.05, 3.63) is 63.8 Å². The van der Waals surface area contributed by atoms with Crippen LogP contribution in [0.15, 0.2) is 46.8 Å². The molecule has 136 valence electrons. The molecule has 0 N–H and O–H groups in total. The Bertz CT molecular complexity index is 1220. The number of aromatic nitrogens is 5. The molecule has 0 radical (unpaired) electrons. The van der Waals surface area contributed by atoms with Crippen molar-refractivity contribution >= 4 is 32.9 Å². The topological polar surface area (TPSA) is 68.3 Å². The van der Waals surface area contributed by atoms with E-state index in [2.05, 4.69) is 32.2 Å². The molecular formula is C19H18N6OS. The highest BCUT2D eigenvalue weighted by molar-refractivity contribution is 7.17. The zero-order valence-electron chi connectivity index (χ0n) is 14.9. The molecule has 0 saturated carbocycles. The smallest absolute Gasteiger partial charge is 0.272 e. The van der Waals surface area contributed by atoms with Crippen molar-refractivity contribution in [3.63, 3.8) is 0 Å². The summed E-state index contributed by atoms with van der Waals surface area (Å²) in [6.07, 6.45) is 6.99. The quantitative estimate of drug-likeness (QED) is 0.547. The first-order valence-corrected chi connectivity index (χ1v) is 9.72. The normalized spacial score (nSPS) is 15.5. The molecule has 0 bridgehead atoms. The average molecular weight is 378 g/mol. The number of nitrogens with zero attached hydrogens (tertiary/aromatic N) is 6. The van der Waals surface area contributed by atoms with Gasteiger partial charge < -0.3 is 0 Å². The Hall–Kier alpha value is -2.84. The molecule has 5 heterocycles. The second kappa shape index (κ2) is 6.40. The van der Waals surface area contributed by atoms with Crippen molar-refractivity contribution < 1.29 is 0 Å². The maximum absolute atomic E-state index is 12.5. The molecule has 0 amide bonds. The summed E-state index contributed by atoms with van der Waals surface area (Å²) in [5.41, 5.74) is 3.32. The van der Waals surface area contributed by atoms with Crippen molar-refractivity contribution in [1.29, 1.82) is 0 Å². The van der Waals surface area contributed by atoms with Gasteiger partial charge in [-0.15, -0.1) is 21.5 Å². The maximum atomic E-state index is 12.5. The lowest BCUT2D eigenvalue weighted by molar-refractivity contribution is 0.288. The molecule has 8 heteroatoms. The first-order chi connectivity index (χ1) is 13.2. The van der Waals surface area contributed by atoms with Crippen LogP contribution in [0.2, 0.25) is 0 Å². The zero-order chi connectivity index (χ0) is 18.4. The number of aryl methyl sites for hydroxylation is 1. The highest BCUT2D eigenvalue weighted by Crippen LogP contribution is 2.23. The predicted molar refractivity (Wildman–Crippen MR) is 106 cm³/mol. The van der Waals surface area contributed by atoms with Gasteiger partial charge in [0, 0.05) is 32.5 Å². The van der Waals surface area contributed by atoms with E-state index >= 15 is 0 Å². The van der Waals surface area contributed by atoms with Crippen molar-refractivity contribution in [2.75, 3.05) is 13.1 Å². The molecule has 0 fully saturated rings. The second-order valence-corrected chi connectivity index (χ2v) is 7.64. The van der Waals surface area contributed by atoms with Crippen LogP contribution >= 0.6 is 11.3 Å². The third-order valence-corrected chi connectivity index (χ3v) is 5.92. The van der Waals surface area contributed by atoms with E-state index in [0.717, 1.165) is 41.1 Å². The summed E-state index contributed by atoms with van der Waals surface area (Å²) < 4.78 is 4.32. The predicted octanol–water partition coefficient (Wildman–Crippen LogP) is 2.33. The minimum Gasteiger partial charge on any atom is -0.291 e. The first-order valence-electron chi connectivity index (χ1n) is 8.84. The maximum Gasteiger partial charge on any atom is 0.272 e. The van der Waals surface area contributed by atoms with Crippen molar-refractivity contribution in [2.45, 2.75) is 13.0 Å². The number of fused-ring (bicyclic) bond motifs is 3. The van der Waals surface area contributed by atoms with E-state index in [9.17, 15) is 4.79 Å². The molecule has 5 rings (SSSR count). The number of hydrogen-bond acceptors (Lipinski definition) is 6. The summed E-state index contributed by atoms with van der Waals surface area (Å²) in [5.74, 6) is 1.44. The van der Waals surface area contributed by atoms with Gasteiger partial charge in [-0.2, -0.15) is 0 Å². The molecule has 0 aromatic carbocycles. The summed E-state index contributed by atoms with van der Waals surface area (Å²) >= 11 is 1.46. The molecule has 0 unspecified atom stereocenters. The van der Waals surface area contributed by atoms with Crippen LogP contribution < -0.4 is 5.56 Å². The molecule has 27 heavy (non-hydrogen) atoms. The van der Waals surface area contributed by atoms with Crippen LogP contribution in [0.25, 0.3) is 21.6 Å². The van der Waals surface area contributed by atoms with Crippen molar-refractivity contribution in [2.24, 2.45) is 7.05 Å². The summed E-state index contributed by atoms with van der Waals surface area (Å²) in [6.45, 7) is 2.50. The van der Waals surface area contributed by atoms with Crippen LogP contribution in [0.5, 0.6) is 0 Å². The molecule has 4 aromatic heterocycles. The lowest BCUT2D eigenvalue weighted by Gasteiger charge is -2.26. The molecule has 7 nitrogen and oxygen atoms in total. The van der Waals surface area contributed by atoms with Gasteiger partial charge >= 0.3 is 0 Å². The number of thiophene rings is 1. The zero-order valence-corrected chi connectivity index (χ0v) is 15.7. The number of pyridine rings is 1. The lowest BCUT2D eigenvalue weighted by Crippen LogP contribution is -2.30. The van der Waals surface area contributed by atoms with E-state index in [1.54, 1.807) is 17.8 Å². The monoisotopic (exact) mass is 378 g/mol. The fourth-order valence-corrected chi connectivity index (χ4v) is 4.51. The van der Waals surface area contributed by atoms with E-state index in [1.165, 1.54) is 16.9 Å². The Morgan fingerprint density at radius 1 is 1.26 bits per heavy atom. The Labute approximate surface area is 159 Å². The van der Waals surface area contributed by atoms with Gasteiger partial charge in [-0.25, -0.2) is 0 Å². The SMILES string of the molecule is Cn1c(=O)c2sccc2n2c(CN3CCC=C(c4cccnc4)C3)nnc12. The van der Waals surface area contributed by atoms with Gasteiger partial charge in [0.05, 0.1) is 12.1 Å². The summed E-state index contributed by atoms with van der Waals surface area (Å²) in [7, 11) is 1.75. The molecule has 0 aliphatic carbocycles. The highest BCUT2D eigenvalue weighted by Gasteiger charge is 2.20. The molecule has 1 aliphatic heterocycles. The fourth-order valence-electron chi connectivity index (χ4n) is 3.66. The Morgan fingerprint density at radius 2 is 2.19 bits per heavy atom. The molecule has 0 spiro atoms. The van der Waals surface area contributed by atoms with Gasteiger partial charge in [0.2, 0.25) is 5.78 Å². The van der Waals surface area contributed by atoms with Crippen LogP contribution in [-0.2, 0) is 13.6 Å². The molecule has 0 saturated heterocycles. The van der Waals surface area contributed by atoms with E-state index in [4.69, 9.17) is 0 Å². The van der Waals surface area contributed by atoms with Crippen LogP contribution in [0.1, 0.15) is 17.8 Å². The van der Waals surface area contributed by atoms with E-state index in [1.807, 2.05) is 28.1 Å². The second-order valence-electron chi connectivity index (χ2n) is 6.72. The third-order valence-electron chi connectivity index (χ3n) is 5.02. The Kier molecular flexibility index (Phi) is 3.87. The molecule has 1 aliphatic rings. The van der Waals surface area contributed by atoms with Gasteiger partial charge in [-0.3, -0.25) is 23.6 Å². The van der Waals surface area contributed by atoms with Crippen molar-refractivity contribution in [1.82, 2.24) is 29.0 Å². The minimum atomic E-state index is -0.0220. The van der Waals surface area contributed by atoms with Crippen LogP contribution in [0.4, 0.5) is 0 Å². The van der Waals surface area contributed by atoms with Gasteiger partial charge in [0.1, 0.15) is 4.70 Å². The minimum absolute atomic E-state index is 0.0220. The van der Waals surface area contributed by atoms with E-state index in [-0.39, 0.29) is 5.56 Å². The summed E-state index contributed by atoms with van der Waals surface area (Å²) in [4.78, 5) is 19.1. The highest BCUT2D eigenvalue weighted by atomic mass is 32.1. The van der Waals surface area contributed by atoms with Crippen LogP contribution in [0, 0.1) is 0 Å². The van der Waals surface area contributed by atoms with Crippen molar-refractivity contribution in [3.8, 4) is 0 Å². The summed E-state index contributed by atoms with van der Waals surface area (Å²) in [5, 5.41) is 10.6. The molecular weight excluding hydrogens is 360 g/mol. The number of hydrogen-bond donors (Lipinski definition) is 0. The Morgan fingerprint density at radius 3 is 3.04 bits per heavy atom. The number of rotatable bonds is 3. The fraction of sp³-hybridized carbons (Fsp3) is 0.263. The van der Waals surface area contributed by atoms with Gasteiger partial charge in [0.15, 0.2) is 5.82 Å². The van der Waals surface area contributed by atoms with E-state index in [0.29, 0.717) is 12.3 Å². The van der Waals surface area contributed by atoms with Gasteiger partial charge in [-0.1, -0.05) is 12.1 Å². The Balaban J connectivity index is 1.51. The third kappa shape index (κ3) is 2.68. The summed E-state index contributed by atoms with van der Waals surface area (Å²) in [6, 6.07) is 6.03. The standard InChI is InChI=1S/C19H18N6OS/c1-23-18(26)17-15(6-9-27-17)25-16(21-22-19(23)25)12-24-8-3-5-14(11-24)13-4-2-7-20-10-13/h2,4-7,9-10H,3,8,11-12H2,1H3. The molecule has 4 aromatic rings. The largest absolute Gasteiger partial charge is 0.291 e. The van der Waals surface area contributed by atoms with Crippen LogP contribution in [-0.4, -0.2) is 42.1 Å². The van der Waals surface area contributed by atoms with E-state index < -0.39 is 0 Å². The lowest BCUT2D eigenvalue weighted by atomic mass is 10.0. The van der Waals surface area contributed by atoms with Gasteiger partial charge in [-0.05, 0) is 35.1 Å². The average Bonchev–Trinajstić information content (AvgIpc) is 3.34. The first kappa shape index (κ1) is 16.3. The van der Waals surface area contributed by atoms with Crippen LogP contribution in [0.3, 0.4) is 0 Å².